The standard InChI is InChI=1S/C26H30N6/c1-18(2)25(21-8-4-7-20(14-21)22-9-5-11-27-15-22)31-12-6-10-23(16-31)24-13-19(3)30-26-28-17-29-32(24)26/h4-5,7-9,11,13-15,17-18,23,25H,6,10,12,16H2,1-3H3. The quantitative estimate of drug-likeness (QED) is 0.446. The molecule has 1 aromatic carbocycles. The third-order valence-corrected chi connectivity index (χ3v) is 6.53. The number of fused-ring (bicyclic) bond motifs is 1. The molecule has 32 heavy (non-hydrogen) atoms. The van der Waals surface area contributed by atoms with Crippen LogP contribution in [0.3, 0.4) is 0 Å². The van der Waals surface area contributed by atoms with Gasteiger partial charge in [-0.1, -0.05) is 38.1 Å². The lowest BCUT2D eigenvalue weighted by Gasteiger charge is -2.40. The first-order valence-corrected chi connectivity index (χ1v) is 11.5. The molecule has 1 saturated heterocycles. The molecule has 6 heteroatoms. The van der Waals surface area contributed by atoms with E-state index < -0.39 is 0 Å². The van der Waals surface area contributed by atoms with E-state index in [1.165, 1.54) is 23.2 Å². The Morgan fingerprint density at radius 3 is 2.75 bits per heavy atom. The van der Waals surface area contributed by atoms with E-state index in [4.69, 9.17) is 0 Å². The molecule has 0 saturated carbocycles. The lowest BCUT2D eigenvalue weighted by Crippen LogP contribution is -2.40. The van der Waals surface area contributed by atoms with Gasteiger partial charge < -0.3 is 0 Å². The van der Waals surface area contributed by atoms with E-state index >= 15 is 0 Å². The van der Waals surface area contributed by atoms with Gasteiger partial charge in [-0.25, -0.2) is 9.50 Å². The molecule has 0 bridgehead atoms. The fourth-order valence-electron chi connectivity index (χ4n) is 5.20. The van der Waals surface area contributed by atoms with Crippen molar-refractivity contribution in [2.45, 2.75) is 45.6 Å². The van der Waals surface area contributed by atoms with E-state index in [0.717, 1.165) is 30.8 Å². The van der Waals surface area contributed by atoms with Crippen LogP contribution in [0.1, 0.15) is 55.6 Å². The molecule has 1 aliphatic rings. The van der Waals surface area contributed by atoms with E-state index in [2.05, 4.69) is 75.2 Å². The van der Waals surface area contributed by atoms with Crippen LogP contribution in [-0.4, -0.2) is 42.6 Å². The predicted molar refractivity (Wildman–Crippen MR) is 126 cm³/mol. The molecule has 3 aromatic heterocycles. The first kappa shape index (κ1) is 20.8. The molecule has 0 aliphatic carbocycles. The average molecular weight is 427 g/mol. The summed E-state index contributed by atoms with van der Waals surface area (Å²) in [5.74, 6) is 1.61. The lowest BCUT2D eigenvalue weighted by atomic mass is 9.87. The molecule has 0 spiro atoms. The minimum atomic E-state index is 0.364. The van der Waals surface area contributed by atoms with Crippen LogP contribution in [0, 0.1) is 12.8 Å². The Balaban J connectivity index is 1.46. The highest BCUT2D eigenvalue weighted by molar-refractivity contribution is 5.63. The zero-order valence-corrected chi connectivity index (χ0v) is 19.0. The molecule has 164 valence electrons. The van der Waals surface area contributed by atoms with E-state index in [1.54, 1.807) is 6.33 Å². The number of rotatable bonds is 5. The van der Waals surface area contributed by atoms with Crippen molar-refractivity contribution in [3.63, 3.8) is 0 Å². The molecule has 0 N–H and O–H groups in total. The zero-order chi connectivity index (χ0) is 22.1. The Bertz CT molecular complexity index is 1200. The van der Waals surface area contributed by atoms with E-state index in [9.17, 15) is 0 Å². The summed E-state index contributed by atoms with van der Waals surface area (Å²) in [5.41, 5.74) is 5.99. The normalized spacial score (nSPS) is 18.3. The first-order chi connectivity index (χ1) is 15.6. The molecule has 1 fully saturated rings. The smallest absolute Gasteiger partial charge is 0.252 e. The summed E-state index contributed by atoms with van der Waals surface area (Å²) < 4.78 is 1.93. The summed E-state index contributed by atoms with van der Waals surface area (Å²) in [4.78, 5) is 15.8. The summed E-state index contributed by atoms with van der Waals surface area (Å²) in [6, 6.07) is 15.7. The molecule has 6 nitrogen and oxygen atoms in total. The van der Waals surface area contributed by atoms with Gasteiger partial charge in [-0.3, -0.25) is 9.88 Å². The second-order valence-electron chi connectivity index (χ2n) is 9.18. The topological polar surface area (TPSA) is 59.2 Å². The van der Waals surface area contributed by atoms with Crippen molar-refractivity contribution in [1.29, 1.82) is 0 Å². The molecule has 2 unspecified atom stereocenters. The Kier molecular flexibility index (Phi) is 5.70. The van der Waals surface area contributed by atoms with Crippen LogP contribution in [0.25, 0.3) is 16.9 Å². The summed E-state index contributed by atoms with van der Waals surface area (Å²) in [6.07, 6.45) is 7.70. The van der Waals surface area contributed by atoms with Crippen molar-refractivity contribution in [3.05, 3.63) is 78.1 Å². The third kappa shape index (κ3) is 4.02. The van der Waals surface area contributed by atoms with Gasteiger partial charge in [-0.2, -0.15) is 10.1 Å². The largest absolute Gasteiger partial charge is 0.295 e. The monoisotopic (exact) mass is 426 g/mol. The molecule has 0 amide bonds. The Morgan fingerprint density at radius 2 is 1.94 bits per heavy atom. The number of hydrogen-bond acceptors (Lipinski definition) is 5. The van der Waals surface area contributed by atoms with Gasteiger partial charge in [0.05, 0.1) is 5.69 Å². The van der Waals surface area contributed by atoms with Gasteiger partial charge in [-0.15, -0.1) is 0 Å². The molecule has 4 aromatic rings. The van der Waals surface area contributed by atoms with Gasteiger partial charge in [-0.05, 0) is 67.1 Å². The van der Waals surface area contributed by atoms with Crippen molar-refractivity contribution < 1.29 is 0 Å². The van der Waals surface area contributed by atoms with Crippen LogP contribution < -0.4 is 0 Å². The van der Waals surface area contributed by atoms with Crippen LogP contribution in [0.4, 0.5) is 0 Å². The highest BCUT2D eigenvalue weighted by Gasteiger charge is 2.31. The number of aryl methyl sites for hydroxylation is 1. The van der Waals surface area contributed by atoms with Crippen LogP contribution in [0.15, 0.2) is 61.2 Å². The fourth-order valence-corrected chi connectivity index (χ4v) is 5.20. The van der Waals surface area contributed by atoms with Crippen molar-refractivity contribution in [1.82, 2.24) is 29.5 Å². The Morgan fingerprint density at radius 1 is 1.06 bits per heavy atom. The van der Waals surface area contributed by atoms with Gasteiger partial charge in [0.1, 0.15) is 6.33 Å². The molecule has 1 aliphatic heterocycles. The number of likely N-dealkylation sites (tertiary alicyclic amines) is 1. The number of pyridine rings is 1. The van der Waals surface area contributed by atoms with Crippen LogP contribution in [0.5, 0.6) is 0 Å². The minimum absolute atomic E-state index is 0.364. The SMILES string of the molecule is Cc1cc(C2CCCN(C(c3cccc(-c4cccnc4)c3)C(C)C)C2)n2ncnc2n1. The summed E-state index contributed by atoms with van der Waals surface area (Å²) in [6.45, 7) is 8.83. The van der Waals surface area contributed by atoms with Crippen molar-refractivity contribution in [3.8, 4) is 11.1 Å². The molecule has 4 heterocycles. The van der Waals surface area contributed by atoms with E-state index in [0.29, 0.717) is 23.7 Å². The third-order valence-electron chi connectivity index (χ3n) is 6.53. The van der Waals surface area contributed by atoms with Crippen molar-refractivity contribution in [2.75, 3.05) is 13.1 Å². The molecule has 2 atom stereocenters. The zero-order valence-electron chi connectivity index (χ0n) is 19.0. The van der Waals surface area contributed by atoms with Gasteiger partial charge in [0.25, 0.3) is 5.78 Å². The Hall–Kier alpha value is -3.12. The number of nitrogens with zero attached hydrogens (tertiary/aromatic N) is 6. The molecule has 5 rings (SSSR count). The van der Waals surface area contributed by atoms with Gasteiger partial charge in [0, 0.05) is 36.6 Å². The summed E-state index contributed by atoms with van der Waals surface area (Å²) in [7, 11) is 0. The van der Waals surface area contributed by atoms with Crippen molar-refractivity contribution >= 4 is 5.78 Å². The second kappa shape index (κ2) is 8.79. The van der Waals surface area contributed by atoms with Gasteiger partial charge >= 0.3 is 0 Å². The Labute approximate surface area is 189 Å². The first-order valence-electron chi connectivity index (χ1n) is 11.5. The maximum atomic E-state index is 4.53. The molecular weight excluding hydrogens is 396 g/mol. The maximum absolute atomic E-state index is 4.53. The average Bonchev–Trinajstić information content (AvgIpc) is 3.28. The molecule has 0 radical (unpaired) electrons. The maximum Gasteiger partial charge on any atom is 0.252 e. The summed E-state index contributed by atoms with van der Waals surface area (Å²) >= 11 is 0. The van der Waals surface area contributed by atoms with Crippen LogP contribution in [0.2, 0.25) is 0 Å². The van der Waals surface area contributed by atoms with E-state index in [1.807, 2.05) is 29.9 Å². The number of hydrogen-bond donors (Lipinski definition) is 0. The second-order valence-corrected chi connectivity index (χ2v) is 9.18. The number of aromatic nitrogens is 5. The predicted octanol–water partition coefficient (Wildman–Crippen LogP) is 5.07. The van der Waals surface area contributed by atoms with Gasteiger partial charge in [0.15, 0.2) is 0 Å². The highest BCUT2D eigenvalue weighted by Crippen LogP contribution is 2.37. The summed E-state index contributed by atoms with van der Waals surface area (Å²) in [5, 5.41) is 4.46. The highest BCUT2D eigenvalue weighted by atomic mass is 15.3. The van der Waals surface area contributed by atoms with Gasteiger partial charge in [0.2, 0.25) is 0 Å². The number of piperidine rings is 1. The van der Waals surface area contributed by atoms with Crippen LogP contribution >= 0.6 is 0 Å². The van der Waals surface area contributed by atoms with Crippen molar-refractivity contribution in [2.24, 2.45) is 5.92 Å². The van der Waals surface area contributed by atoms with E-state index in [-0.39, 0.29) is 0 Å². The minimum Gasteiger partial charge on any atom is -0.295 e. The lowest BCUT2D eigenvalue weighted by molar-refractivity contribution is 0.114. The number of benzene rings is 1. The molecular formula is C26H30N6. The fraction of sp³-hybridized carbons (Fsp3) is 0.385. The van der Waals surface area contributed by atoms with Crippen LogP contribution in [-0.2, 0) is 0 Å².